The van der Waals surface area contributed by atoms with Gasteiger partial charge in [0.15, 0.2) is 0 Å². The number of hydrogen-bond donors (Lipinski definition) is 1. The van der Waals surface area contributed by atoms with E-state index in [0.717, 1.165) is 19.4 Å². The van der Waals surface area contributed by atoms with Gasteiger partial charge in [-0.2, -0.15) is 0 Å². The van der Waals surface area contributed by atoms with E-state index >= 15 is 0 Å². The maximum atomic E-state index is 5.86. The molecule has 2 heteroatoms. The molecule has 1 aromatic rings. The number of aryl methyl sites for hydroxylation is 2. The number of rotatable bonds is 5. The lowest BCUT2D eigenvalue weighted by Gasteiger charge is -2.54. The van der Waals surface area contributed by atoms with Crippen molar-refractivity contribution in [2.24, 2.45) is 5.41 Å². The van der Waals surface area contributed by atoms with Crippen LogP contribution in [0.25, 0.3) is 0 Å². The normalized spacial score (nSPS) is 29.9. The van der Waals surface area contributed by atoms with E-state index in [1.165, 1.54) is 16.8 Å². The van der Waals surface area contributed by atoms with Crippen molar-refractivity contribution in [1.82, 2.24) is 0 Å². The van der Waals surface area contributed by atoms with Crippen LogP contribution < -0.4 is 5.32 Å². The van der Waals surface area contributed by atoms with Crippen LogP contribution in [0.3, 0.4) is 0 Å². The Morgan fingerprint density at radius 2 is 2.00 bits per heavy atom. The van der Waals surface area contributed by atoms with Crippen molar-refractivity contribution < 1.29 is 4.74 Å². The van der Waals surface area contributed by atoms with Gasteiger partial charge in [-0.3, -0.25) is 0 Å². The summed E-state index contributed by atoms with van der Waals surface area (Å²) in [6.07, 6.45) is 2.68. The monoisotopic (exact) mass is 261 g/mol. The zero-order valence-electron chi connectivity index (χ0n) is 12.9. The minimum absolute atomic E-state index is 0.259. The van der Waals surface area contributed by atoms with E-state index in [-0.39, 0.29) is 5.41 Å². The van der Waals surface area contributed by atoms with Crippen LogP contribution in [-0.2, 0) is 4.74 Å². The fraction of sp³-hybridized carbons (Fsp3) is 0.647. The van der Waals surface area contributed by atoms with Gasteiger partial charge < -0.3 is 10.1 Å². The van der Waals surface area contributed by atoms with Crippen molar-refractivity contribution in [2.75, 3.05) is 11.9 Å². The minimum atomic E-state index is 0.259. The summed E-state index contributed by atoms with van der Waals surface area (Å²) >= 11 is 0. The van der Waals surface area contributed by atoms with Crippen molar-refractivity contribution in [3.05, 3.63) is 29.3 Å². The Balaban J connectivity index is 2.05. The second kappa shape index (κ2) is 5.54. The van der Waals surface area contributed by atoms with E-state index in [1.807, 2.05) is 0 Å². The van der Waals surface area contributed by atoms with Gasteiger partial charge in [0.05, 0.1) is 6.10 Å². The molecule has 1 saturated carbocycles. The number of anilines is 1. The lowest BCUT2D eigenvalue weighted by atomic mass is 9.61. The van der Waals surface area contributed by atoms with Crippen molar-refractivity contribution in [2.45, 2.75) is 59.6 Å². The predicted molar refractivity (Wildman–Crippen MR) is 81.8 cm³/mol. The second-order valence-electron chi connectivity index (χ2n) is 6.04. The summed E-state index contributed by atoms with van der Waals surface area (Å²) in [6.45, 7) is 11.8. The van der Waals surface area contributed by atoms with E-state index in [9.17, 15) is 0 Å². The SMILES string of the molecule is CCOC1CC(Nc2ccc(C)c(C)c2)C1(C)CC. The highest BCUT2D eigenvalue weighted by Crippen LogP contribution is 2.47. The standard InChI is InChI=1S/C17H27NO/c1-6-17(5)15(11-16(17)19-7-2)18-14-9-8-12(3)13(4)10-14/h8-10,15-16,18H,6-7,11H2,1-5H3. The molecule has 3 atom stereocenters. The maximum absolute atomic E-state index is 5.86. The average Bonchev–Trinajstić information content (AvgIpc) is 2.40. The van der Waals surface area contributed by atoms with Gasteiger partial charge in [-0.25, -0.2) is 0 Å². The van der Waals surface area contributed by atoms with Gasteiger partial charge in [-0.1, -0.05) is 19.9 Å². The van der Waals surface area contributed by atoms with Gasteiger partial charge >= 0.3 is 0 Å². The minimum Gasteiger partial charge on any atom is -0.382 e. The molecule has 0 saturated heterocycles. The molecule has 2 nitrogen and oxygen atoms in total. The maximum Gasteiger partial charge on any atom is 0.0667 e. The molecule has 0 spiro atoms. The van der Waals surface area contributed by atoms with Crippen molar-refractivity contribution in [3.63, 3.8) is 0 Å². The highest BCUT2D eigenvalue weighted by molar-refractivity contribution is 5.49. The van der Waals surface area contributed by atoms with Crippen LogP contribution in [-0.4, -0.2) is 18.8 Å². The molecule has 1 aromatic carbocycles. The molecular weight excluding hydrogens is 234 g/mol. The van der Waals surface area contributed by atoms with Crippen LogP contribution in [0.1, 0.15) is 44.7 Å². The summed E-state index contributed by atoms with van der Waals surface area (Å²) in [7, 11) is 0. The molecule has 2 rings (SSSR count). The summed E-state index contributed by atoms with van der Waals surface area (Å²) in [5, 5.41) is 3.70. The Morgan fingerprint density at radius 1 is 1.26 bits per heavy atom. The molecule has 1 N–H and O–H groups in total. The van der Waals surface area contributed by atoms with Crippen LogP contribution in [0.4, 0.5) is 5.69 Å². The molecule has 0 amide bonds. The van der Waals surface area contributed by atoms with E-state index in [1.54, 1.807) is 0 Å². The van der Waals surface area contributed by atoms with Gasteiger partial charge in [-0.15, -0.1) is 0 Å². The van der Waals surface area contributed by atoms with E-state index in [0.29, 0.717) is 12.1 Å². The number of ether oxygens (including phenoxy) is 1. The largest absolute Gasteiger partial charge is 0.382 e. The highest BCUT2D eigenvalue weighted by atomic mass is 16.5. The fourth-order valence-electron chi connectivity index (χ4n) is 3.01. The third-order valence-electron chi connectivity index (χ3n) is 4.96. The fourth-order valence-corrected chi connectivity index (χ4v) is 3.01. The van der Waals surface area contributed by atoms with Crippen LogP contribution in [0.5, 0.6) is 0 Å². The summed E-state index contributed by atoms with van der Waals surface area (Å²) in [5.74, 6) is 0. The van der Waals surface area contributed by atoms with Crippen LogP contribution in [0.2, 0.25) is 0 Å². The van der Waals surface area contributed by atoms with E-state index in [2.05, 4.69) is 58.1 Å². The average molecular weight is 261 g/mol. The first-order valence-electron chi connectivity index (χ1n) is 7.46. The van der Waals surface area contributed by atoms with Crippen molar-refractivity contribution in [3.8, 4) is 0 Å². The molecule has 0 bridgehead atoms. The predicted octanol–water partition coefficient (Wildman–Crippen LogP) is 4.31. The number of nitrogens with one attached hydrogen (secondary N) is 1. The number of hydrogen-bond acceptors (Lipinski definition) is 2. The lowest BCUT2D eigenvalue weighted by Crippen LogP contribution is -2.59. The molecule has 1 fully saturated rings. The zero-order chi connectivity index (χ0) is 14.0. The topological polar surface area (TPSA) is 21.3 Å². The van der Waals surface area contributed by atoms with Gasteiger partial charge in [0, 0.05) is 23.8 Å². The quantitative estimate of drug-likeness (QED) is 0.853. The van der Waals surface area contributed by atoms with Crippen LogP contribution in [0, 0.1) is 19.3 Å². The molecule has 0 heterocycles. The van der Waals surface area contributed by atoms with Crippen LogP contribution >= 0.6 is 0 Å². The molecule has 1 aliphatic carbocycles. The number of benzene rings is 1. The van der Waals surface area contributed by atoms with Crippen molar-refractivity contribution in [1.29, 1.82) is 0 Å². The summed E-state index contributed by atoms with van der Waals surface area (Å²) in [6, 6.07) is 7.15. The third kappa shape index (κ3) is 2.64. The van der Waals surface area contributed by atoms with E-state index < -0.39 is 0 Å². The molecule has 106 valence electrons. The van der Waals surface area contributed by atoms with E-state index in [4.69, 9.17) is 4.74 Å². The first kappa shape index (κ1) is 14.4. The highest BCUT2D eigenvalue weighted by Gasteiger charge is 2.51. The van der Waals surface area contributed by atoms with Gasteiger partial charge in [-0.05, 0) is 56.9 Å². The molecule has 0 aliphatic heterocycles. The molecule has 1 aliphatic rings. The second-order valence-corrected chi connectivity index (χ2v) is 6.04. The lowest BCUT2D eigenvalue weighted by molar-refractivity contribution is -0.109. The third-order valence-corrected chi connectivity index (χ3v) is 4.96. The Hall–Kier alpha value is -1.02. The van der Waals surface area contributed by atoms with Gasteiger partial charge in [0.2, 0.25) is 0 Å². The first-order valence-corrected chi connectivity index (χ1v) is 7.46. The Labute approximate surface area is 117 Å². The first-order chi connectivity index (χ1) is 9.01. The van der Waals surface area contributed by atoms with Crippen molar-refractivity contribution >= 4 is 5.69 Å². The smallest absolute Gasteiger partial charge is 0.0667 e. The molecule has 3 unspecified atom stereocenters. The molecule has 0 radical (unpaired) electrons. The Bertz CT molecular complexity index is 443. The van der Waals surface area contributed by atoms with Crippen LogP contribution in [0.15, 0.2) is 18.2 Å². The summed E-state index contributed by atoms with van der Waals surface area (Å²) < 4.78 is 5.86. The zero-order valence-corrected chi connectivity index (χ0v) is 12.9. The summed E-state index contributed by atoms with van der Waals surface area (Å²) in [5.41, 5.74) is 4.20. The van der Waals surface area contributed by atoms with Gasteiger partial charge in [0.1, 0.15) is 0 Å². The Morgan fingerprint density at radius 3 is 2.58 bits per heavy atom. The Kier molecular flexibility index (Phi) is 4.19. The molecular formula is C17H27NO. The molecule has 0 aromatic heterocycles. The summed E-state index contributed by atoms with van der Waals surface area (Å²) in [4.78, 5) is 0. The molecule has 19 heavy (non-hydrogen) atoms. The van der Waals surface area contributed by atoms with Gasteiger partial charge in [0.25, 0.3) is 0 Å².